The zero-order valence-corrected chi connectivity index (χ0v) is 12.9. The maximum absolute atomic E-state index is 11.9. The lowest BCUT2D eigenvalue weighted by atomic mass is 9.92. The van der Waals surface area contributed by atoms with Crippen molar-refractivity contribution in [3.63, 3.8) is 0 Å². The molecule has 0 aliphatic rings. The van der Waals surface area contributed by atoms with Crippen LogP contribution in [0.1, 0.15) is 26.5 Å². The van der Waals surface area contributed by atoms with E-state index in [4.69, 9.17) is 4.74 Å². The number of carbonyl (C=O) groups is 1. The predicted octanol–water partition coefficient (Wildman–Crippen LogP) is 2.74. The van der Waals surface area contributed by atoms with Gasteiger partial charge in [-0.05, 0) is 12.1 Å². The highest BCUT2D eigenvalue weighted by Crippen LogP contribution is 2.23. The molecule has 21 heavy (non-hydrogen) atoms. The zero-order valence-electron chi connectivity index (χ0n) is 12.9. The smallest absolute Gasteiger partial charge is 0.263 e. The third kappa shape index (κ3) is 4.08. The fourth-order valence-electron chi connectivity index (χ4n) is 1.80. The lowest BCUT2D eigenvalue weighted by Gasteiger charge is -2.13. The summed E-state index contributed by atoms with van der Waals surface area (Å²) < 4.78 is 7.08. The molecule has 0 radical (unpaired) electrons. The Bertz CT molecular complexity index is 612. The highest BCUT2D eigenvalue weighted by atomic mass is 16.5. The van der Waals surface area contributed by atoms with E-state index in [1.54, 1.807) is 4.68 Å². The molecule has 0 fully saturated rings. The number of benzene rings is 1. The van der Waals surface area contributed by atoms with E-state index in [0.717, 1.165) is 5.69 Å². The van der Waals surface area contributed by atoms with Gasteiger partial charge in [0, 0.05) is 18.5 Å². The first-order valence-corrected chi connectivity index (χ1v) is 6.88. The Labute approximate surface area is 124 Å². The average Bonchev–Trinajstić information content (AvgIpc) is 2.79. The van der Waals surface area contributed by atoms with Crippen LogP contribution in [0.25, 0.3) is 0 Å². The van der Waals surface area contributed by atoms with Gasteiger partial charge in [-0.15, -0.1) is 0 Å². The van der Waals surface area contributed by atoms with E-state index < -0.39 is 0 Å². The van der Waals surface area contributed by atoms with Crippen molar-refractivity contribution >= 4 is 11.7 Å². The molecule has 0 saturated heterocycles. The number of hydrogen-bond acceptors (Lipinski definition) is 3. The van der Waals surface area contributed by atoms with Crippen molar-refractivity contribution in [2.75, 3.05) is 11.9 Å². The number of nitrogens with zero attached hydrogens (tertiary/aromatic N) is 2. The number of amides is 1. The summed E-state index contributed by atoms with van der Waals surface area (Å²) in [4.78, 5) is 11.9. The third-order valence-electron chi connectivity index (χ3n) is 3.03. The van der Waals surface area contributed by atoms with Gasteiger partial charge in [0.2, 0.25) is 0 Å². The van der Waals surface area contributed by atoms with Gasteiger partial charge in [0.05, 0.1) is 5.69 Å². The molecule has 0 bridgehead atoms. The third-order valence-corrected chi connectivity index (χ3v) is 3.03. The molecule has 0 saturated carbocycles. The molecular weight excluding hydrogens is 266 g/mol. The van der Waals surface area contributed by atoms with Crippen molar-refractivity contribution in [3.8, 4) is 5.75 Å². The molecule has 1 heterocycles. The van der Waals surface area contributed by atoms with Crippen molar-refractivity contribution in [2.24, 2.45) is 7.05 Å². The molecule has 1 amide bonds. The SMILES string of the molecule is Cn1nc(C(C)(C)C)cc1NC(=O)COc1ccccc1. The minimum absolute atomic E-state index is 0.0277. The highest BCUT2D eigenvalue weighted by molar-refractivity contribution is 5.91. The first-order valence-electron chi connectivity index (χ1n) is 6.88. The van der Waals surface area contributed by atoms with Gasteiger partial charge in [0.1, 0.15) is 11.6 Å². The Hall–Kier alpha value is -2.30. The summed E-state index contributed by atoms with van der Waals surface area (Å²) in [6, 6.07) is 11.1. The molecule has 0 spiro atoms. The number of anilines is 1. The zero-order chi connectivity index (χ0) is 15.5. The summed E-state index contributed by atoms with van der Waals surface area (Å²) in [5.74, 6) is 1.14. The average molecular weight is 287 g/mol. The molecule has 5 nitrogen and oxygen atoms in total. The van der Waals surface area contributed by atoms with Crippen molar-refractivity contribution in [1.29, 1.82) is 0 Å². The lowest BCUT2D eigenvalue weighted by molar-refractivity contribution is -0.118. The molecule has 2 aromatic rings. The summed E-state index contributed by atoms with van der Waals surface area (Å²) in [7, 11) is 1.81. The maximum atomic E-state index is 11.9. The van der Waals surface area contributed by atoms with Crippen molar-refractivity contribution in [2.45, 2.75) is 26.2 Å². The Morgan fingerprint density at radius 2 is 1.95 bits per heavy atom. The predicted molar refractivity (Wildman–Crippen MR) is 82.5 cm³/mol. The number of aromatic nitrogens is 2. The minimum Gasteiger partial charge on any atom is -0.484 e. The summed E-state index contributed by atoms with van der Waals surface area (Å²) in [6.07, 6.45) is 0. The van der Waals surface area contributed by atoms with E-state index >= 15 is 0 Å². The number of nitrogens with one attached hydrogen (secondary N) is 1. The monoisotopic (exact) mass is 287 g/mol. The van der Waals surface area contributed by atoms with Gasteiger partial charge in [0.25, 0.3) is 5.91 Å². The molecular formula is C16H21N3O2. The summed E-state index contributed by atoms with van der Waals surface area (Å²) in [5, 5.41) is 7.22. The maximum Gasteiger partial charge on any atom is 0.263 e. The lowest BCUT2D eigenvalue weighted by Crippen LogP contribution is -2.21. The van der Waals surface area contributed by atoms with Crippen LogP contribution in [-0.4, -0.2) is 22.3 Å². The van der Waals surface area contributed by atoms with Gasteiger partial charge in [-0.2, -0.15) is 5.10 Å². The molecule has 1 aromatic heterocycles. The Morgan fingerprint density at radius 3 is 2.52 bits per heavy atom. The van der Waals surface area contributed by atoms with Gasteiger partial charge < -0.3 is 10.1 Å². The Balaban J connectivity index is 1.95. The first-order chi connectivity index (χ1) is 9.86. The molecule has 0 unspecified atom stereocenters. The number of carbonyl (C=O) groups excluding carboxylic acids is 1. The fraction of sp³-hybridized carbons (Fsp3) is 0.375. The van der Waals surface area contributed by atoms with E-state index in [-0.39, 0.29) is 17.9 Å². The molecule has 5 heteroatoms. The minimum atomic E-state index is -0.206. The van der Waals surface area contributed by atoms with Crippen LogP contribution in [0.4, 0.5) is 5.82 Å². The van der Waals surface area contributed by atoms with Crippen molar-refractivity contribution in [1.82, 2.24) is 9.78 Å². The second-order valence-corrected chi connectivity index (χ2v) is 5.94. The Kier molecular flexibility index (Phi) is 4.31. The van der Waals surface area contributed by atoms with Gasteiger partial charge in [-0.25, -0.2) is 0 Å². The number of ether oxygens (including phenoxy) is 1. The molecule has 0 atom stereocenters. The molecule has 1 aromatic carbocycles. The largest absolute Gasteiger partial charge is 0.484 e. The van der Waals surface area contributed by atoms with Gasteiger partial charge >= 0.3 is 0 Å². The quantitative estimate of drug-likeness (QED) is 0.940. The van der Waals surface area contributed by atoms with E-state index in [1.807, 2.05) is 43.4 Å². The van der Waals surface area contributed by atoms with Crippen LogP contribution in [-0.2, 0) is 17.3 Å². The molecule has 0 aliphatic carbocycles. The van der Waals surface area contributed by atoms with E-state index in [0.29, 0.717) is 11.6 Å². The molecule has 0 aliphatic heterocycles. The topological polar surface area (TPSA) is 56.2 Å². The summed E-state index contributed by atoms with van der Waals surface area (Å²) in [6.45, 7) is 6.22. The highest BCUT2D eigenvalue weighted by Gasteiger charge is 2.19. The van der Waals surface area contributed by atoms with Crippen molar-refractivity contribution in [3.05, 3.63) is 42.1 Å². The van der Waals surface area contributed by atoms with Crippen molar-refractivity contribution < 1.29 is 9.53 Å². The van der Waals surface area contributed by atoms with Crippen LogP contribution >= 0.6 is 0 Å². The molecule has 112 valence electrons. The van der Waals surface area contributed by atoms with Gasteiger partial charge in [0.15, 0.2) is 6.61 Å². The second-order valence-electron chi connectivity index (χ2n) is 5.94. The second kappa shape index (κ2) is 5.99. The number of rotatable bonds is 4. The van der Waals surface area contributed by atoms with E-state index in [1.165, 1.54) is 0 Å². The van der Waals surface area contributed by atoms with Crippen LogP contribution < -0.4 is 10.1 Å². The number of hydrogen-bond donors (Lipinski definition) is 1. The Morgan fingerprint density at radius 1 is 1.29 bits per heavy atom. The van der Waals surface area contributed by atoms with Gasteiger partial charge in [-0.3, -0.25) is 9.48 Å². The van der Waals surface area contributed by atoms with Crippen LogP contribution in [0.2, 0.25) is 0 Å². The van der Waals surface area contributed by atoms with Crippen LogP contribution in [0.3, 0.4) is 0 Å². The van der Waals surface area contributed by atoms with Gasteiger partial charge in [-0.1, -0.05) is 39.0 Å². The summed E-state index contributed by atoms with van der Waals surface area (Å²) in [5.41, 5.74) is 0.880. The number of aryl methyl sites for hydroxylation is 1. The summed E-state index contributed by atoms with van der Waals surface area (Å²) >= 11 is 0. The number of para-hydroxylation sites is 1. The van der Waals surface area contributed by atoms with Crippen LogP contribution in [0.15, 0.2) is 36.4 Å². The fourth-order valence-corrected chi connectivity index (χ4v) is 1.80. The normalized spacial score (nSPS) is 11.2. The first kappa shape index (κ1) is 15.1. The standard InChI is InChI=1S/C16H21N3O2/c1-16(2,3)13-10-14(19(4)18-13)17-15(20)11-21-12-8-6-5-7-9-12/h5-10H,11H2,1-4H3,(H,17,20). The molecule has 2 rings (SSSR count). The van der Waals surface area contributed by atoms with E-state index in [9.17, 15) is 4.79 Å². The van der Waals surface area contributed by atoms with Crippen LogP contribution in [0, 0.1) is 0 Å². The van der Waals surface area contributed by atoms with E-state index in [2.05, 4.69) is 31.2 Å². The van der Waals surface area contributed by atoms with Crippen LogP contribution in [0.5, 0.6) is 5.75 Å². The molecule has 1 N–H and O–H groups in total.